The zero-order chi connectivity index (χ0) is 10.1. The molecule has 6 heteroatoms. The summed E-state index contributed by atoms with van der Waals surface area (Å²) >= 11 is 4.42. The third-order valence-corrected chi connectivity index (χ3v) is 1.68. The molecule has 0 fully saturated rings. The summed E-state index contributed by atoms with van der Waals surface area (Å²) in [5, 5.41) is 0.880. The van der Waals surface area contributed by atoms with Gasteiger partial charge in [-0.3, -0.25) is 0 Å². The molecule has 0 aromatic carbocycles. The predicted octanol–water partition coefficient (Wildman–Crippen LogP) is 2.03. The highest BCUT2D eigenvalue weighted by Gasteiger charge is 2.33. The number of hydrogen-bond donors (Lipinski definition) is 1. The van der Waals surface area contributed by atoms with Crippen LogP contribution in [0.2, 0.25) is 0 Å². The lowest BCUT2D eigenvalue weighted by atomic mass is 10.1. The standard InChI is InChI=1S/C7H5F3N2S/c8-7(9,10)5-1-2-12-6(11)4(5)3-13/h1-3H,(H2,11,12). The van der Waals surface area contributed by atoms with Crippen LogP contribution in [0.1, 0.15) is 11.1 Å². The molecule has 1 aromatic rings. The summed E-state index contributed by atoms with van der Waals surface area (Å²) in [6.07, 6.45) is -3.44. The molecule has 2 N–H and O–H groups in total. The van der Waals surface area contributed by atoms with Crippen LogP contribution in [-0.4, -0.2) is 10.4 Å². The highest BCUT2D eigenvalue weighted by atomic mass is 32.1. The number of nitrogen functional groups attached to an aromatic ring is 1. The van der Waals surface area contributed by atoms with Gasteiger partial charge in [0, 0.05) is 17.1 Å². The minimum absolute atomic E-state index is 0.204. The average molecular weight is 206 g/mol. The summed E-state index contributed by atoms with van der Waals surface area (Å²) in [4.78, 5) is 3.50. The molecule has 1 aromatic heterocycles. The van der Waals surface area contributed by atoms with Crippen LogP contribution in [-0.2, 0) is 6.18 Å². The molecule has 0 aliphatic heterocycles. The minimum atomic E-state index is -4.44. The van der Waals surface area contributed by atoms with Crippen molar-refractivity contribution >= 4 is 23.4 Å². The second kappa shape index (κ2) is 3.29. The van der Waals surface area contributed by atoms with Crippen molar-refractivity contribution in [2.75, 3.05) is 5.73 Å². The minimum Gasteiger partial charge on any atom is -0.383 e. The molecule has 1 rings (SSSR count). The molecular formula is C7H5F3N2S. The quantitative estimate of drug-likeness (QED) is 0.714. The topological polar surface area (TPSA) is 38.9 Å². The van der Waals surface area contributed by atoms with Gasteiger partial charge in [-0.05, 0) is 6.07 Å². The van der Waals surface area contributed by atoms with Gasteiger partial charge in [-0.1, -0.05) is 12.2 Å². The van der Waals surface area contributed by atoms with Crippen molar-refractivity contribution in [3.63, 3.8) is 0 Å². The number of rotatable bonds is 1. The molecule has 2 nitrogen and oxygen atoms in total. The van der Waals surface area contributed by atoms with Crippen molar-refractivity contribution in [2.45, 2.75) is 6.18 Å². The van der Waals surface area contributed by atoms with Crippen molar-refractivity contribution in [3.8, 4) is 0 Å². The molecule has 0 atom stereocenters. The first kappa shape index (κ1) is 9.91. The van der Waals surface area contributed by atoms with Crippen LogP contribution in [0.5, 0.6) is 0 Å². The zero-order valence-electron chi connectivity index (χ0n) is 6.30. The SMILES string of the molecule is Nc1nccc(C(F)(F)F)c1C=S. The van der Waals surface area contributed by atoms with Gasteiger partial charge in [-0.25, -0.2) is 4.98 Å². The fraction of sp³-hybridized carbons (Fsp3) is 0.143. The van der Waals surface area contributed by atoms with Gasteiger partial charge in [-0.15, -0.1) is 0 Å². The molecule has 0 saturated heterocycles. The smallest absolute Gasteiger partial charge is 0.383 e. The van der Waals surface area contributed by atoms with E-state index >= 15 is 0 Å². The molecule has 0 radical (unpaired) electrons. The lowest BCUT2D eigenvalue weighted by molar-refractivity contribution is -0.137. The van der Waals surface area contributed by atoms with E-state index in [9.17, 15) is 13.2 Å². The van der Waals surface area contributed by atoms with Gasteiger partial charge in [0.05, 0.1) is 5.56 Å². The third-order valence-electron chi connectivity index (χ3n) is 1.44. The van der Waals surface area contributed by atoms with Gasteiger partial charge >= 0.3 is 6.18 Å². The van der Waals surface area contributed by atoms with Crippen LogP contribution in [0.4, 0.5) is 19.0 Å². The Morgan fingerprint density at radius 1 is 1.46 bits per heavy atom. The van der Waals surface area contributed by atoms with Crippen molar-refractivity contribution in [1.82, 2.24) is 4.98 Å². The maximum absolute atomic E-state index is 12.3. The van der Waals surface area contributed by atoms with Crippen LogP contribution in [0.3, 0.4) is 0 Å². The van der Waals surface area contributed by atoms with E-state index in [1.165, 1.54) is 0 Å². The van der Waals surface area contributed by atoms with E-state index < -0.39 is 11.7 Å². The van der Waals surface area contributed by atoms with E-state index in [0.717, 1.165) is 17.6 Å². The molecule has 0 bridgehead atoms. The van der Waals surface area contributed by atoms with Gasteiger partial charge in [-0.2, -0.15) is 13.2 Å². The van der Waals surface area contributed by atoms with Crippen LogP contribution in [0.25, 0.3) is 0 Å². The van der Waals surface area contributed by atoms with Crippen LogP contribution in [0.15, 0.2) is 12.3 Å². The highest BCUT2D eigenvalue weighted by molar-refractivity contribution is 7.79. The molecule has 0 aliphatic rings. The molecule has 0 amide bonds. The number of nitrogens with zero attached hydrogens (tertiary/aromatic N) is 1. The van der Waals surface area contributed by atoms with Crippen molar-refractivity contribution < 1.29 is 13.2 Å². The zero-order valence-corrected chi connectivity index (χ0v) is 7.12. The molecule has 0 unspecified atom stereocenters. The normalized spacial score (nSPS) is 11.3. The maximum Gasteiger partial charge on any atom is 0.417 e. The Balaban J connectivity index is 3.37. The average Bonchev–Trinajstić information content (AvgIpc) is 2.02. The maximum atomic E-state index is 12.3. The summed E-state index contributed by atoms with van der Waals surface area (Å²) in [6.45, 7) is 0. The molecule has 0 saturated carbocycles. The molecule has 13 heavy (non-hydrogen) atoms. The number of aromatic nitrogens is 1. The second-order valence-electron chi connectivity index (χ2n) is 2.27. The summed E-state index contributed by atoms with van der Waals surface area (Å²) in [5.41, 5.74) is 4.12. The Morgan fingerprint density at radius 2 is 2.08 bits per heavy atom. The van der Waals surface area contributed by atoms with Gasteiger partial charge in [0.15, 0.2) is 0 Å². The van der Waals surface area contributed by atoms with Crippen LogP contribution < -0.4 is 5.73 Å². The third kappa shape index (κ3) is 1.95. The van der Waals surface area contributed by atoms with Gasteiger partial charge in [0.1, 0.15) is 5.82 Å². The first-order valence-electron chi connectivity index (χ1n) is 3.23. The van der Waals surface area contributed by atoms with E-state index in [1.807, 2.05) is 0 Å². The second-order valence-corrected chi connectivity index (χ2v) is 2.51. The Labute approximate surface area is 77.6 Å². The number of thiocarbonyl (C=S) groups is 1. The number of pyridine rings is 1. The number of alkyl halides is 3. The van der Waals surface area contributed by atoms with Gasteiger partial charge < -0.3 is 5.73 Å². The number of nitrogens with two attached hydrogens (primary N) is 1. The van der Waals surface area contributed by atoms with Crippen molar-refractivity contribution in [1.29, 1.82) is 0 Å². The Bertz CT molecular complexity index is 335. The molecule has 70 valence electrons. The van der Waals surface area contributed by atoms with Crippen molar-refractivity contribution in [3.05, 3.63) is 23.4 Å². The highest BCUT2D eigenvalue weighted by Crippen LogP contribution is 2.32. The Morgan fingerprint density at radius 3 is 2.46 bits per heavy atom. The van der Waals surface area contributed by atoms with Gasteiger partial charge in [0.25, 0.3) is 0 Å². The lowest BCUT2D eigenvalue weighted by Gasteiger charge is -2.10. The van der Waals surface area contributed by atoms with Crippen LogP contribution >= 0.6 is 12.2 Å². The fourth-order valence-corrected chi connectivity index (χ4v) is 1.11. The Hall–Kier alpha value is -1.17. The molecular weight excluding hydrogens is 201 g/mol. The monoisotopic (exact) mass is 206 g/mol. The van der Waals surface area contributed by atoms with E-state index in [-0.39, 0.29) is 11.4 Å². The molecule has 1 heterocycles. The fourth-order valence-electron chi connectivity index (χ4n) is 0.860. The van der Waals surface area contributed by atoms with E-state index in [4.69, 9.17) is 5.73 Å². The number of hydrogen-bond acceptors (Lipinski definition) is 3. The number of halogens is 3. The molecule has 0 spiro atoms. The molecule has 0 aliphatic carbocycles. The number of anilines is 1. The van der Waals surface area contributed by atoms with E-state index in [0.29, 0.717) is 0 Å². The predicted molar refractivity (Wildman–Crippen MR) is 46.4 cm³/mol. The first-order chi connectivity index (χ1) is 5.96. The van der Waals surface area contributed by atoms with Crippen LogP contribution in [0, 0.1) is 0 Å². The first-order valence-corrected chi connectivity index (χ1v) is 3.71. The van der Waals surface area contributed by atoms with Crippen molar-refractivity contribution in [2.24, 2.45) is 0 Å². The summed E-state index contributed by atoms with van der Waals surface area (Å²) in [6, 6.07) is 0.842. The summed E-state index contributed by atoms with van der Waals surface area (Å²) in [7, 11) is 0. The largest absolute Gasteiger partial charge is 0.417 e. The van der Waals surface area contributed by atoms with E-state index in [2.05, 4.69) is 17.2 Å². The van der Waals surface area contributed by atoms with Gasteiger partial charge in [0.2, 0.25) is 0 Å². The lowest BCUT2D eigenvalue weighted by Crippen LogP contribution is -2.11. The van der Waals surface area contributed by atoms with E-state index in [1.54, 1.807) is 0 Å². The summed E-state index contributed by atoms with van der Waals surface area (Å²) < 4.78 is 36.8. The summed E-state index contributed by atoms with van der Waals surface area (Å²) in [5.74, 6) is -0.204. The Kier molecular flexibility index (Phi) is 2.51.